The van der Waals surface area contributed by atoms with Crippen LogP contribution in [-0.2, 0) is 14.3 Å². The van der Waals surface area contributed by atoms with Crippen LogP contribution in [0.15, 0.2) is 72.2 Å². The zero-order chi connectivity index (χ0) is 22.7. The van der Waals surface area contributed by atoms with Crippen LogP contribution in [-0.4, -0.2) is 39.8 Å². The number of fused-ring (bicyclic) bond motifs is 1. The Morgan fingerprint density at radius 1 is 1.06 bits per heavy atom. The molecule has 0 spiro atoms. The van der Waals surface area contributed by atoms with Crippen LogP contribution in [0, 0.1) is 6.92 Å². The van der Waals surface area contributed by atoms with Crippen LogP contribution in [0.4, 0.5) is 11.6 Å². The zero-order valence-corrected chi connectivity index (χ0v) is 18.3. The number of nitrogens with one attached hydrogen (secondary N) is 1. The van der Waals surface area contributed by atoms with E-state index in [1.165, 1.54) is 6.33 Å². The number of benzene rings is 2. The van der Waals surface area contributed by atoms with Crippen molar-refractivity contribution >= 4 is 23.5 Å². The molecule has 2 aromatic carbocycles. The van der Waals surface area contributed by atoms with E-state index in [-0.39, 0.29) is 19.1 Å². The molecule has 164 valence electrons. The van der Waals surface area contributed by atoms with Crippen molar-refractivity contribution in [3.8, 4) is 0 Å². The number of amides is 1. The second-order valence-electron chi connectivity index (χ2n) is 7.54. The first-order valence-corrected chi connectivity index (χ1v) is 10.5. The van der Waals surface area contributed by atoms with Gasteiger partial charge >= 0.3 is 5.97 Å². The van der Waals surface area contributed by atoms with Gasteiger partial charge in [-0.2, -0.15) is 10.1 Å². The summed E-state index contributed by atoms with van der Waals surface area (Å²) in [7, 11) is 0. The number of carbonyl (C=O) groups excluding carboxylic acids is 2. The minimum absolute atomic E-state index is 0.0249. The summed E-state index contributed by atoms with van der Waals surface area (Å²) in [4.78, 5) is 31.9. The van der Waals surface area contributed by atoms with Gasteiger partial charge in [-0.25, -0.2) is 9.48 Å². The lowest BCUT2D eigenvalue weighted by Gasteiger charge is -2.35. The fraction of sp³-hybridized carbons (Fsp3) is 0.250. The second-order valence-corrected chi connectivity index (χ2v) is 7.54. The summed E-state index contributed by atoms with van der Waals surface area (Å²) >= 11 is 0. The number of anilines is 2. The molecule has 1 amide bonds. The predicted octanol–water partition coefficient (Wildman–Crippen LogP) is 3.47. The molecule has 1 aromatic heterocycles. The second kappa shape index (κ2) is 9.05. The SMILES string of the molecule is CCOC(=O)C1=C(C)N(CC(=O)Nc2ccccc2)c2ncnn2C1c1ccc(C)cc1. The Bertz CT molecular complexity index is 1150. The van der Waals surface area contributed by atoms with Crippen molar-refractivity contribution in [3.05, 3.63) is 83.3 Å². The number of hydrogen-bond acceptors (Lipinski definition) is 6. The van der Waals surface area contributed by atoms with Crippen LogP contribution in [0.5, 0.6) is 0 Å². The minimum atomic E-state index is -0.499. The number of ether oxygens (including phenoxy) is 1. The smallest absolute Gasteiger partial charge is 0.338 e. The number of para-hydroxylation sites is 1. The van der Waals surface area contributed by atoms with Gasteiger partial charge in [0.1, 0.15) is 18.9 Å². The van der Waals surface area contributed by atoms with Gasteiger partial charge in [0.2, 0.25) is 11.9 Å². The average molecular weight is 431 g/mol. The molecule has 3 aromatic rings. The molecule has 0 bridgehead atoms. The molecule has 0 fully saturated rings. The first kappa shape index (κ1) is 21.3. The van der Waals surface area contributed by atoms with E-state index in [0.29, 0.717) is 22.9 Å². The third-order valence-electron chi connectivity index (χ3n) is 5.36. The Hall–Kier alpha value is -3.94. The highest BCUT2D eigenvalue weighted by Crippen LogP contribution is 2.38. The fourth-order valence-corrected chi connectivity index (χ4v) is 3.81. The number of esters is 1. The zero-order valence-electron chi connectivity index (χ0n) is 18.3. The van der Waals surface area contributed by atoms with Gasteiger partial charge in [0.05, 0.1) is 12.2 Å². The highest BCUT2D eigenvalue weighted by Gasteiger charge is 2.38. The molecule has 8 heteroatoms. The summed E-state index contributed by atoms with van der Waals surface area (Å²) in [5, 5.41) is 7.27. The van der Waals surface area contributed by atoms with E-state index in [1.807, 2.05) is 61.5 Å². The third-order valence-corrected chi connectivity index (χ3v) is 5.36. The van der Waals surface area contributed by atoms with Gasteiger partial charge < -0.3 is 15.0 Å². The molecule has 8 nitrogen and oxygen atoms in total. The summed E-state index contributed by atoms with van der Waals surface area (Å²) in [5.41, 5.74) is 3.74. The van der Waals surface area contributed by atoms with E-state index >= 15 is 0 Å². The maximum absolute atomic E-state index is 13.0. The highest BCUT2D eigenvalue weighted by molar-refractivity contribution is 5.96. The van der Waals surface area contributed by atoms with Crippen molar-refractivity contribution in [2.45, 2.75) is 26.8 Å². The van der Waals surface area contributed by atoms with Gasteiger partial charge in [-0.05, 0) is 38.5 Å². The van der Waals surface area contributed by atoms with Crippen LogP contribution in [0.25, 0.3) is 0 Å². The van der Waals surface area contributed by atoms with Crippen molar-refractivity contribution in [2.24, 2.45) is 0 Å². The predicted molar refractivity (Wildman–Crippen MR) is 121 cm³/mol. The molecule has 1 atom stereocenters. The first-order valence-electron chi connectivity index (χ1n) is 10.5. The Morgan fingerprint density at radius 3 is 2.47 bits per heavy atom. The molecule has 1 unspecified atom stereocenters. The number of rotatable bonds is 6. The van der Waals surface area contributed by atoms with Crippen molar-refractivity contribution in [1.82, 2.24) is 14.8 Å². The van der Waals surface area contributed by atoms with Crippen molar-refractivity contribution < 1.29 is 14.3 Å². The molecule has 0 aliphatic carbocycles. The molecule has 0 saturated heterocycles. The van der Waals surface area contributed by atoms with Gasteiger partial charge in [0, 0.05) is 11.4 Å². The van der Waals surface area contributed by atoms with E-state index in [2.05, 4.69) is 15.4 Å². The summed E-state index contributed by atoms with van der Waals surface area (Å²) in [6.45, 7) is 5.80. The van der Waals surface area contributed by atoms with Gasteiger partial charge in [-0.15, -0.1) is 0 Å². The lowest BCUT2D eigenvalue weighted by Crippen LogP contribution is -2.40. The van der Waals surface area contributed by atoms with Crippen molar-refractivity contribution in [1.29, 1.82) is 0 Å². The Morgan fingerprint density at radius 2 is 1.78 bits per heavy atom. The number of aromatic nitrogens is 3. The Kier molecular flexibility index (Phi) is 6.02. The van der Waals surface area contributed by atoms with Crippen molar-refractivity contribution in [2.75, 3.05) is 23.4 Å². The van der Waals surface area contributed by atoms with E-state index in [4.69, 9.17) is 4.74 Å². The van der Waals surface area contributed by atoms with Crippen molar-refractivity contribution in [3.63, 3.8) is 0 Å². The van der Waals surface area contributed by atoms with Crippen LogP contribution in [0.3, 0.4) is 0 Å². The number of allylic oxidation sites excluding steroid dienone is 1. The van der Waals surface area contributed by atoms with E-state index in [0.717, 1.165) is 11.1 Å². The first-order chi connectivity index (χ1) is 15.5. The maximum Gasteiger partial charge on any atom is 0.338 e. The quantitative estimate of drug-likeness (QED) is 0.601. The molecular weight excluding hydrogens is 406 g/mol. The summed E-state index contributed by atoms with van der Waals surface area (Å²) in [6.07, 6.45) is 1.43. The molecule has 0 saturated carbocycles. The molecule has 2 heterocycles. The molecule has 0 radical (unpaired) electrons. The van der Waals surface area contributed by atoms with Crippen LogP contribution in [0.1, 0.15) is 31.0 Å². The lowest BCUT2D eigenvalue weighted by molar-refractivity contribution is -0.139. The normalized spacial score (nSPS) is 15.3. The molecule has 1 aliphatic rings. The maximum atomic E-state index is 13.0. The summed E-state index contributed by atoms with van der Waals surface area (Å²) in [6, 6.07) is 16.6. The molecular formula is C24H25N5O3. The number of nitrogens with zero attached hydrogens (tertiary/aromatic N) is 4. The highest BCUT2D eigenvalue weighted by atomic mass is 16.5. The monoisotopic (exact) mass is 431 g/mol. The lowest BCUT2D eigenvalue weighted by atomic mass is 9.94. The van der Waals surface area contributed by atoms with E-state index in [9.17, 15) is 9.59 Å². The molecule has 1 N–H and O–H groups in total. The standard InChI is InChI=1S/C24H25N5O3/c1-4-32-23(31)21-17(3)28(14-20(30)27-19-8-6-5-7-9-19)24-25-15-26-29(24)22(21)18-12-10-16(2)11-13-18/h5-13,15,22H,4,14H2,1-3H3,(H,27,30). The van der Waals surface area contributed by atoms with Gasteiger partial charge in [-0.3, -0.25) is 4.79 Å². The summed E-state index contributed by atoms with van der Waals surface area (Å²) < 4.78 is 7.05. The number of hydrogen-bond donors (Lipinski definition) is 1. The fourth-order valence-electron chi connectivity index (χ4n) is 3.81. The molecule has 32 heavy (non-hydrogen) atoms. The molecule has 4 rings (SSSR count). The van der Waals surface area contributed by atoms with Crippen LogP contribution >= 0.6 is 0 Å². The van der Waals surface area contributed by atoms with Gasteiger partial charge in [-0.1, -0.05) is 48.0 Å². The van der Waals surface area contributed by atoms with E-state index < -0.39 is 12.0 Å². The topological polar surface area (TPSA) is 89.3 Å². The average Bonchev–Trinajstić information content (AvgIpc) is 3.26. The minimum Gasteiger partial charge on any atom is -0.463 e. The van der Waals surface area contributed by atoms with Gasteiger partial charge in [0.15, 0.2) is 0 Å². The van der Waals surface area contributed by atoms with E-state index in [1.54, 1.807) is 23.4 Å². The third kappa shape index (κ3) is 4.12. The number of carbonyl (C=O) groups is 2. The van der Waals surface area contributed by atoms with Crippen LogP contribution in [0.2, 0.25) is 0 Å². The van der Waals surface area contributed by atoms with Crippen LogP contribution < -0.4 is 10.2 Å². The molecule has 1 aliphatic heterocycles. The largest absolute Gasteiger partial charge is 0.463 e. The van der Waals surface area contributed by atoms with Gasteiger partial charge in [0.25, 0.3) is 0 Å². The summed E-state index contributed by atoms with van der Waals surface area (Å²) in [5.74, 6) is -0.184. The Balaban J connectivity index is 1.74. The number of aryl methyl sites for hydroxylation is 1. The Labute approximate surface area is 186 Å².